The lowest BCUT2D eigenvalue weighted by molar-refractivity contribution is -0.132. The summed E-state index contributed by atoms with van der Waals surface area (Å²) in [6, 6.07) is 4.77. The van der Waals surface area contributed by atoms with Gasteiger partial charge in [0.05, 0.1) is 17.3 Å². The van der Waals surface area contributed by atoms with Crippen LogP contribution in [-0.4, -0.2) is 35.7 Å². The first-order valence-electron chi connectivity index (χ1n) is 6.06. The zero-order valence-corrected chi connectivity index (χ0v) is 13.2. The Morgan fingerprint density at radius 3 is 2.60 bits per heavy atom. The van der Waals surface area contributed by atoms with Gasteiger partial charge in [-0.25, -0.2) is 0 Å². The molecule has 0 heterocycles. The Kier molecular flexibility index (Phi) is 7.13. The van der Waals surface area contributed by atoms with Gasteiger partial charge in [0.1, 0.15) is 5.88 Å². The van der Waals surface area contributed by atoms with Crippen molar-refractivity contribution in [3.05, 3.63) is 28.2 Å². The lowest BCUT2D eigenvalue weighted by Gasteiger charge is -2.20. The van der Waals surface area contributed by atoms with Gasteiger partial charge in [-0.2, -0.15) is 0 Å². The van der Waals surface area contributed by atoms with Crippen LogP contribution in [0.5, 0.6) is 0 Å². The molecular formula is C13H15Cl3N2O2. The maximum atomic E-state index is 11.9. The predicted molar refractivity (Wildman–Crippen MR) is 82.7 cm³/mol. The van der Waals surface area contributed by atoms with Gasteiger partial charge in [-0.1, -0.05) is 30.1 Å². The van der Waals surface area contributed by atoms with Gasteiger partial charge in [-0.05, 0) is 24.6 Å². The quantitative estimate of drug-likeness (QED) is 0.809. The van der Waals surface area contributed by atoms with E-state index in [1.807, 2.05) is 6.92 Å². The molecule has 0 aliphatic rings. The van der Waals surface area contributed by atoms with E-state index in [0.717, 1.165) is 6.42 Å². The third-order valence-electron chi connectivity index (χ3n) is 2.50. The number of anilines is 1. The van der Waals surface area contributed by atoms with E-state index in [4.69, 9.17) is 34.8 Å². The Morgan fingerprint density at radius 1 is 1.30 bits per heavy atom. The summed E-state index contributed by atoms with van der Waals surface area (Å²) in [6.07, 6.45) is 0.744. The first-order valence-corrected chi connectivity index (χ1v) is 7.35. The van der Waals surface area contributed by atoms with Crippen LogP contribution in [-0.2, 0) is 9.59 Å². The fraction of sp³-hybridized carbons (Fsp3) is 0.385. The van der Waals surface area contributed by atoms with E-state index in [-0.39, 0.29) is 24.2 Å². The summed E-state index contributed by atoms with van der Waals surface area (Å²) >= 11 is 17.3. The van der Waals surface area contributed by atoms with Gasteiger partial charge in [0.15, 0.2) is 0 Å². The number of nitrogens with one attached hydrogen (secondary N) is 1. The van der Waals surface area contributed by atoms with Crippen LogP contribution < -0.4 is 5.32 Å². The molecule has 0 aliphatic heterocycles. The van der Waals surface area contributed by atoms with Crippen LogP contribution in [0.2, 0.25) is 10.0 Å². The third-order valence-corrected chi connectivity index (χ3v) is 3.29. The van der Waals surface area contributed by atoms with Gasteiger partial charge < -0.3 is 10.2 Å². The van der Waals surface area contributed by atoms with Crippen molar-refractivity contribution >= 4 is 52.3 Å². The molecule has 0 unspecified atom stereocenters. The number of amides is 2. The predicted octanol–water partition coefficient (Wildman–Crippen LogP) is 3.41. The summed E-state index contributed by atoms with van der Waals surface area (Å²) in [5.41, 5.74) is 0.416. The molecule has 0 atom stereocenters. The maximum Gasteiger partial charge on any atom is 0.244 e. The van der Waals surface area contributed by atoms with Gasteiger partial charge in [0.2, 0.25) is 11.8 Å². The van der Waals surface area contributed by atoms with Crippen LogP contribution in [0.3, 0.4) is 0 Å². The summed E-state index contributed by atoms with van der Waals surface area (Å²) in [6.45, 7) is 2.32. The standard InChI is InChI=1S/C13H15Cl3N2O2/c1-2-5-18(13(20)7-14)8-12(19)17-11-6-9(15)3-4-10(11)16/h3-4,6H,2,5,7-8H2,1H3,(H,17,19). The molecular weight excluding hydrogens is 323 g/mol. The van der Waals surface area contributed by atoms with E-state index >= 15 is 0 Å². The fourth-order valence-electron chi connectivity index (χ4n) is 1.60. The first-order chi connectivity index (χ1) is 9.47. The van der Waals surface area contributed by atoms with E-state index in [1.165, 1.54) is 4.90 Å². The van der Waals surface area contributed by atoms with Crippen molar-refractivity contribution in [2.45, 2.75) is 13.3 Å². The SMILES string of the molecule is CCCN(CC(=O)Nc1cc(Cl)ccc1Cl)C(=O)CCl. The molecule has 0 spiro atoms. The van der Waals surface area contributed by atoms with Crippen molar-refractivity contribution in [3.63, 3.8) is 0 Å². The molecule has 1 aromatic rings. The summed E-state index contributed by atoms with van der Waals surface area (Å²) in [4.78, 5) is 24.9. The van der Waals surface area contributed by atoms with Crippen LogP contribution in [0.25, 0.3) is 0 Å². The van der Waals surface area contributed by atoms with E-state index < -0.39 is 0 Å². The number of rotatable bonds is 6. The molecule has 0 aliphatic carbocycles. The number of hydrogen-bond acceptors (Lipinski definition) is 2. The van der Waals surface area contributed by atoms with Crippen molar-refractivity contribution in [1.82, 2.24) is 4.90 Å². The zero-order valence-electron chi connectivity index (χ0n) is 11.0. The Morgan fingerprint density at radius 2 is 2.00 bits per heavy atom. The van der Waals surface area contributed by atoms with Crippen LogP contribution >= 0.6 is 34.8 Å². The van der Waals surface area contributed by atoms with Gasteiger partial charge >= 0.3 is 0 Å². The molecule has 1 aromatic carbocycles. The summed E-state index contributed by atoms with van der Waals surface area (Å²) in [7, 11) is 0. The lowest BCUT2D eigenvalue weighted by Crippen LogP contribution is -2.39. The van der Waals surface area contributed by atoms with Crippen LogP contribution in [0.1, 0.15) is 13.3 Å². The number of carbonyl (C=O) groups excluding carboxylic acids is 2. The lowest BCUT2D eigenvalue weighted by atomic mass is 10.3. The third kappa shape index (κ3) is 5.19. The summed E-state index contributed by atoms with van der Waals surface area (Å²) in [5, 5.41) is 3.47. The van der Waals surface area contributed by atoms with E-state index in [9.17, 15) is 9.59 Å². The molecule has 7 heteroatoms. The second-order valence-corrected chi connectivity index (χ2v) is 5.23. The molecule has 20 heavy (non-hydrogen) atoms. The number of benzene rings is 1. The molecule has 0 saturated carbocycles. The van der Waals surface area contributed by atoms with E-state index in [0.29, 0.717) is 22.3 Å². The number of halogens is 3. The van der Waals surface area contributed by atoms with Gasteiger partial charge in [-0.15, -0.1) is 11.6 Å². The van der Waals surface area contributed by atoms with Gasteiger partial charge in [-0.3, -0.25) is 9.59 Å². The largest absolute Gasteiger partial charge is 0.332 e. The van der Waals surface area contributed by atoms with Crippen LogP contribution in [0, 0.1) is 0 Å². The number of alkyl halides is 1. The number of nitrogens with zero attached hydrogens (tertiary/aromatic N) is 1. The smallest absolute Gasteiger partial charge is 0.244 e. The van der Waals surface area contributed by atoms with Crippen molar-refractivity contribution < 1.29 is 9.59 Å². The Bertz CT molecular complexity index is 495. The minimum absolute atomic E-state index is 0.0672. The van der Waals surface area contributed by atoms with Crippen molar-refractivity contribution in [3.8, 4) is 0 Å². The van der Waals surface area contributed by atoms with Crippen LogP contribution in [0.15, 0.2) is 18.2 Å². The Balaban J connectivity index is 2.70. The molecule has 4 nitrogen and oxygen atoms in total. The van der Waals surface area contributed by atoms with Gasteiger partial charge in [0, 0.05) is 11.6 Å². The molecule has 0 aromatic heterocycles. The Labute approximate surface area is 133 Å². The highest BCUT2D eigenvalue weighted by molar-refractivity contribution is 6.35. The van der Waals surface area contributed by atoms with Crippen molar-refractivity contribution in [1.29, 1.82) is 0 Å². The molecule has 0 saturated heterocycles. The van der Waals surface area contributed by atoms with E-state index in [1.54, 1.807) is 18.2 Å². The fourth-order valence-corrected chi connectivity index (χ4v) is 2.11. The number of hydrogen-bond donors (Lipinski definition) is 1. The molecule has 110 valence electrons. The highest BCUT2D eigenvalue weighted by Gasteiger charge is 2.16. The highest BCUT2D eigenvalue weighted by atomic mass is 35.5. The summed E-state index contributed by atoms with van der Waals surface area (Å²) < 4.78 is 0. The average Bonchev–Trinajstić information content (AvgIpc) is 2.41. The molecule has 2 amide bonds. The minimum Gasteiger partial charge on any atom is -0.332 e. The van der Waals surface area contributed by atoms with Crippen molar-refractivity contribution in [2.75, 3.05) is 24.3 Å². The topological polar surface area (TPSA) is 49.4 Å². The zero-order chi connectivity index (χ0) is 15.1. The minimum atomic E-state index is -0.346. The monoisotopic (exact) mass is 336 g/mol. The van der Waals surface area contributed by atoms with Crippen LogP contribution in [0.4, 0.5) is 5.69 Å². The molecule has 0 fully saturated rings. The average molecular weight is 338 g/mol. The number of carbonyl (C=O) groups is 2. The van der Waals surface area contributed by atoms with Gasteiger partial charge in [0.25, 0.3) is 0 Å². The summed E-state index contributed by atoms with van der Waals surface area (Å²) in [5.74, 6) is -0.771. The normalized spacial score (nSPS) is 10.2. The highest BCUT2D eigenvalue weighted by Crippen LogP contribution is 2.25. The maximum absolute atomic E-state index is 11.9. The molecule has 1 N–H and O–H groups in total. The first kappa shape index (κ1) is 17.1. The second-order valence-electron chi connectivity index (χ2n) is 4.12. The molecule has 0 radical (unpaired) electrons. The van der Waals surface area contributed by atoms with E-state index in [2.05, 4.69) is 5.32 Å². The molecule has 1 rings (SSSR count). The molecule has 0 bridgehead atoms. The second kappa shape index (κ2) is 8.35. The van der Waals surface area contributed by atoms with Crippen molar-refractivity contribution in [2.24, 2.45) is 0 Å². The Hall–Kier alpha value is -0.970.